The van der Waals surface area contributed by atoms with Crippen LogP contribution in [0.4, 0.5) is 0 Å². The zero-order valence-electron chi connectivity index (χ0n) is 40.0. The lowest BCUT2D eigenvalue weighted by Crippen LogP contribution is -2.01. The molecule has 0 N–H and O–H groups in total. The fourth-order valence-electron chi connectivity index (χ4n) is 8.74. The van der Waals surface area contributed by atoms with Crippen molar-refractivity contribution in [3.63, 3.8) is 0 Å². The number of rotatable bonds is 49. The van der Waals surface area contributed by atoms with Gasteiger partial charge in [0.05, 0.1) is 13.2 Å². The highest BCUT2D eigenvalue weighted by Gasteiger charge is 2.04. The minimum Gasteiger partial charge on any atom is -0.493 e. The lowest BCUT2D eigenvalue weighted by atomic mass is 10.0. The van der Waals surface area contributed by atoms with Crippen LogP contribution in [0.25, 0.3) is 0 Å². The predicted molar refractivity (Wildman–Crippen MR) is 261 cm³/mol. The molecule has 0 aromatic heterocycles. The molecule has 1 radical (unpaired) electrons. The molecule has 0 saturated heterocycles. The molecule has 0 aliphatic carbocycles. The monoisotopic (exact) mass is 810 g/mol. The minimum atomic E-state index is 0.770. The maximum absolute atomic E-state index is 6.18. The van der Waals surface area contributed by atoms with Gasteiger partial charge in [0, 0.05) is 6.07 Å². The zero-order valence-corrected chi connectivity index (χ0v) is 40.0. The predicted octanol–water partition coefficient (Wildman–Crippen LogP) is 20.0. The summed E-state index contributed by atoms with van der Waals surface area (Å²) in [5, 5.41) is 0. The van der Waals surface area contributed by atoms with Crippen molar-refractivity contribution < 1.29 is 9.47 Å². The van der Waals surface area contributed by atoms with Crippen LogP contribution >= 0.6 is 0 Å². The van der Waals surface area contributed by atoms with Crippen molar-refractivity contribution in [2.75, 3.05) is 13.2 Å². The Bertz CT molecular complexity index is 842. The molecule has 0 fully saturated rings. The molecule has 0 aliphatic heterocycles. The van der Waals surface area contributed by atoms with Crippen molar-refractivity contribution in [3.8, 4) is 11.5 Å². The number of benzene rings is 1. The quantitative estimate of drug-likeness (QED) is 0.0611. The Morgan fingerprint density at radius 2 is 0.466 bits per heavy atom. The third kappa shape index (κ3) is 40.2. The Hall–Kier alpha value is -1.18. The summed E-state index contributed by atoms with van der Waals surface area (Å²) in [5.74, 6) is 1.91. The first-order chi connectivity index (χ1) is 28.8. The van der Waals surface area contributed by atoms with E-state index in [0.717, 1.165) is 44.0 Å². The Labute approximate surface area is 366 Å². The minimum absolute atomic E-state index is 0.770. The van der Waals surface area contributed by atoms with Crippen molar-refractivity contribution in [3.05, 3.63) is 30.7 Å². The molecule has 0 amide bonds. The fourth-order valence-corrected chi connectivity index (χ4v) is 8.74. The van der Waals surface area contributed by atoms with Gasteiger partial charge in [0.15, 0.2) is 0 Å². The second kappa shape index (κ2) is 46.9. The topological polar surface area (TPSA) is 18.5 Å². The van der Waals surface area contributed by atoms with E-state index in [1.54, 1.807) is 0 Å². The smallest absolute Gasteiger partial charge is 0.123 e. The van der Waals surface area contributed by atoms with Crippen LogP contribution in [-0.4, -0.2) is 13.2 Å². The SMILES string of the molecule is [CH2]Cc1cc(OCCCCCCCCCCCCCCCCCCCCCCCC)cc(OCCCCCCCCCCCCCCCCCCCCCCCC)c1. The van der Waals surface area contributed by atoms with E-state index in [-0.39, 0.29) is 0 Å². The summed E-state index contributed by atoms with van der Waals surface area (Å²) in [5.41, 5.74) is 1.20. The largest absolute Gasteiger partial charge is 0.493 e. The second-order valence-electron chi connectivity index (χ2n) is 18.6. The van der Waals surface area contributed by atoms with Gasteiger partial charge in [-0.3, -0.25) is 0 Å². The molecule has 1 aromatic rings. The molecule has 0 aliphatic rings. The van der Waals surface area contributed by atoms with E-state index in [4.69, 9.17) is 9.47 Å². The fraction of sp³-hybridized carbons (Fsp3) is 0.875. The van der Waals surface area contributed by atoms with Crippen LogP contribution in [0, 0.1) is 6.92 Å². The summed E-state index contributed by atoms with van der Waals surface area (Å²) in [7, 11) is 0. The average Bonchev–Trinajstić information content (AvgIpc) is 3.24. The Morgan fingerprint density at radius 1 is 0.276 bits per heavy atom. The van der Waals surface area contributed by atoms with E-state index in [1.807, 2.05) is 0 Å². The maximum Gasteiger partial charge on any atom is 0.123 e. The van der Waals surface area contributed by atoms with E-state index in [9.17, 15) is 0 Å². The van der Waals surface area contributed by atoms with Gasteiger partial charge < -0.3 is 9.47 Å². The Morgan fingerprint density at radius 3 is 0.655 bits per heavy atom. The Kier molecular flexibility index (Phi) is 44.3. The molecule has 0 saturated carbocycles. The molecule has 1 rings (SSSR count). The molecule has 1 aromatic carbocycles. The number of ether oxygens (including phenoxy) is 2. The van der Waals surface area contributed by atoms with E-state index in [2.05, 4.69) is 39.0 Å². The van der Waals surface area contributed by atoms with Crippen LogP contribution < -0.4 is 9.47 Å². The summed E-state index contributed by atoms with van der Waals surface area (Å²) in [6.07, 6.45) is 63.3. The van der Waals surface area contributed by atoms with Gasteiger partial charge in [0.2, 0.25) is 0 Å². The summed E-state index contributed by atoms with van der Waals surface area (Å²) >= 11 is 0. The van der Waals surface area contributed by atoms with Crippen molar-refractivity contribution in [1.29, 1.82) is 0 Å². The van der Waals surface area contributed by atoms with Crippen LogP contribution in [0.15, 0.2) is 18.2 Å². The molecule has 341 valence electrons. The van der Waals surface area contributed by atoms with Gasteiger partial charge in [0.25, 0.3) is 0 Å². The highest BCUT2D eigenvalue weighted by atomic mass is 16.5. The first-order valence-corrected chi connectivity index (χ1v) is 27.0. The first-order valence-electron chi connectivity index (χ1n) is 27.0. The van der Waals surface area contributed by atoms with Crippen molar-refractivity contribution in [1.82, 2.24) is 0 Å². The summed E-state index contributed by atoms with van der Waals surface area (Å²) in [4.78, 5) is 0. The lowest BCUT2D eigenvalue weighted by Gasteiger charge is -2.12. The normalized spacial score (nSPS) is 11.5. The molecule has 2 nitrogen and oxygen atoms in total. The third-order valence-corrected chi connectivity index (χ3v) is 12.8. The summed E-state index contributed by atoms with van der Waals surface area (Å²) in [6, 6.07) is 6.39. The van der Waals surface area contributed by atoms with Gasteiger partial charge in [-0.25, -0.2) is 0 Å². The molecule has 0 atom stereocenters. The molecule has 0 bridgehead atoms. The average molecular weight is 810 g/mol. The van der Waals surface area contributed by atoms with Crippen LogP contribution in [0.5, 0.6) is 11.5 Å². The molecule has 0 spiro atoms. The van der Waals surface area contributed by atoms with Gasteiger partial charge in [-0.05, 0) is 43.9 Å². The van der Waals surface area contributed by atoms with Crippen molar-refractivity contribution in [2.24, 2.45) is 0 Å². The van der Waals surface area contributed by atoms with Crippen LogP contribution in [-0.2, 0) is 6.42 Å². The third-order valence-electron chi connectivity index (χ3n) is 12.8. The number of unbranched alkanes of at least 4 members (excludes halogenated alkanes) is 42. The summed E-state index contributed by atoms with van der Waals surface area (Å²) in [6.45, 7) is 10.3. The van der Waals surface area contributed by atoms with Crippen LogP contribution in [0.1, 0.15) is 302 Å². The van der Waals surface area contributed by atoms with Gasteiger partial charge in [-0.2, -0.15) is 0 Å². The molecular formula is C56H105O2. The van der Waals surface area contributed by atoms with E-state index < -0.39 is 0 Å². The Balaban J connectivity index is 1.86. The molecule has 0 unspecified atom stereocenters. The molecule has 0 heterocycles. The highest BCUT2D eigenvalue weighted by molar-refractivity contribution is 5.38. The standard InChI is InChI=1S/C56H105O2/c1-4-7-9-11-13-15-17-19-21-23-25-27-29-31-33-35-37-39-41-43-45-47-49-57-55-51-54(6-3)52-56(53-55)58-50-48-46-44-42-40-38-36-34-32-30-28-26-24-22-20-18-16-14-12-10-8-5-2/h51-53H,3-50H2,1-2H3. The van der Waals surface area contributed by atoms with Gasteiger partial charge in [-0.1, -0.05) is 284 Å². The number of hydrogen-bond donors (Lipinski definition) is 0. The lowest BCUT2D eigenvalue weighted by molar-refractivity contribution is 0.289. The van der Waals surface area contributed by atoms with Crippen LogP contribution in [0.3, 0.4) is 0 Å². The van der Waals surface area contributed by atoms with Crippen LogP contribution in [0.2, 0.25) is 0 Å². The van der Waals surface area contributed by atoms with Gasteiger partial charge >= 0.3 is 0 Å². The second-order valence-corrected chi connectivity index (χ2v) is 18.6. The van der Waals surface area contributed by atoms with Crippen molar-refractivity contribution >= 4 is 0 Å². The van der Waals surface area contributed by atoms with E-state index >= 15 is 0 Å². The molecular weight excluding hydrogens is 705 g/mol. The molecule has 58 heavy (non-hydrogen) atoms. The summed E-state index contributed by atoms with van der Waals surface area (Å²) < 4.78 is 12.4. The zero-order chi connectivity index (χ0) is 41.5. The van der Waals surface area contributed by atoms with Crippen molar-refractivity contribution in [2.45, 2.75) is 303 Å². The van der Waals surface area contributed by atoms with Gasteiger partial charge in [0.1, 0.15) is 11.5 Å². The van der Waals surface area contributed by atoms with Gasteiger partial charge in [-0.15, -0.1) is 0 Å². The van der Waals surface area contributed by atoms with E-state index in [0.29, 0.717) is 0 Å². The van der Waals surface area contributed by atoms with E-state index in [1.165, 1.54) is 275 Å². The number of hydrogen-bond acceptors (Lipinski definition) is 2. The first kappa shape index (κ1) is 54.8. The highest BCUT2D eigenvalue weighted by Crippen LogP contribution is 2.25. The molecule has 2 heteroatoms. The maximum atomic E-state index is 6.18.